The number of aryl methyl sites for hydroxylation is 1. The van der Waals surface area contributed by atoms with Crippen molar-refractivity contribution < 1.29 is 10.2 Å². The fraction of sp³-hybridized carbons (Fsp3) is 0.500. The summed E-state index contributed by atoms with van der Waals surface area (Å²) in [7, 11) is 0. The van der Waals surface area contributed by atoms with Crippen molar-refractivity contribution in [3.63, 3.8) is 0 Å². The minimum absolute atomic E-state index is 0.337. The summed E-state index contributed by atoms with van der Waals surface area (Å²) >= 11 is 3.99. The van der Waals surface area contributed by atoms with E-state index in [-0.39, 0.29) is 0 Å². The molecule has 0 aliphatic heterocycles. The number of nitrogens with zero attached hydrogens (tertiary/aromatic N) is 1. The van der Waals surface area contributed by atoms with Crippen molar-refractivity contribution >= 4 is 18.3 Å². The Morgan fingerprint density at radius 2 is 2.20 bits per heavy atom. The average molecular weight is 228 g/mol. The van der Waals surface area contributed by atoms with Gasteiger partial charge >= 0.3 is 0 Å². The van der Waals surface area contributed by atoms with Gasteiger partial charge in [0.25, 0.3) is 0 Å². The van der Waals surface area contributed by atoms with E-state index in [1.165, 1.54) is 0 Å². The van der Waals surface area contributed by atoms with E-state index >= 15 is 0 Å². The van der Waals surface area contributed by atoms with Crippen LogP contribution in [0, 0.1) is 6.92 Å². The summed E-state index contributed by atoms with van der Waals surface area (Å²) in [5.41, 5.74) is 7.38. The molecule has 0 fully saturated rings. The van der Waals surface area contributed by atoms with Gasteiger partial charge < -0.3 is 15.9 Å². The molecule has 84 valence electrons. The van der Waals surface area contributed by atoms with E-state index in [0.29, 0.717) is 23.6 Å². The van der Waals surface area contributed by atoms with Gasteiger partial charge in [0.2, 0.25) is 0 Å². The minimum Gasteiger partial charge on any atom is -0.397 e. The van der Waals surface area contributed by atoms with E-state index in [0.717, 1.165) is 5.56 Å². The number of nitrogen functional groups attached to an aromatic ring is 1. The van der Waals surface area contributed by atoms with Crippen molar-refractivity contribution in [1.82, 2.24) is 4.98 Å². The topological polar surface area (TPSA) is 79.4 Å². The van der Waals surface area contributed by atoms with Crippen LogP contribution in [0.25, 0.3) is 0 Å². The van der Waals surface area contributed by atoms with Crippen molar-refractivity contribution in [3.05, 3.63) is 23.5 Å². The van der Waals surface area contributed by atoms with Crippen LogP contribution in [-0.2, 0) is 0 Å². The molecule has 0 bridgehead atoms. The van der Waals surface area contributed by atoms with Gasteiger partial charge in [0.05, 0.1) is 17.5 Å². The first-order chi connectivity index (χ1) is 7.07. The van der Waals surface area contributed by atoms with E-state index in [9.17, 15) is 10.2 Å². The molecule has 0 saturated heterocycles. The largest absolute Gasteiger partial charge is 0.397 e. The second-order valence-corrected chi connectivity index (χ2v) is 3.90. The van der Waals surface area contributed by atoms with Crippen LogP contribution in [0.2, 0.25) is 0 Å². The molecule has 2 atom stereocenters. The number of aliphatic hydroxyl groups is 2. The molecule has 4 nitrogen and oxygen atoms in total. The average Bonchev–Trinajstić information content (AvgIpc) is 2.21. The van der Waals surface area contributed by atoms with E-state index in [1.54, 1.807) is 12.3 Å². The third-order valence-electron chi connectivity index (χ3n) is 2.31. The highest BCUT2D eigenvalue weighted by atomic mass is 32.1. The molecule has 0 spiro atoms. The van der Waals surface area contributed by atoms with Gasteiger partial charge in [-0.1, -0.05) is 0 Å². The van der Waals surface area contributed by atoms with Gasteiger partial charge in [-0.15, -0.1) is 0 Å². The lowest BCUT2D eigenvalue weighted by Gasteiger charge is -2.18. The fourth-order valence-corrected chi connectivity index (χ4v) is 1.56. The van der Waals surface area contributed by atoms with Gasteiger partial charge in [0, 0.05) is 6.20 Å². The van der Waals surface area contributed by atoms with E-state index in [1.807, 2.05) is 6.92 Å². The van der Waals surface area contributed by atoms with Crippen molar-refractivity contribution in [3.8, 4) is 0 Å². The van der Waals surface area contributed by atoms with Gasteiger partial charge in [-0.25, -0.2) is 0 Å². The zero-order valence-corrected chi connectivity index (χ0v) is 9.48. The van der Waals surface area contributed by atoms with Crippen LogP contribution in [0.5, 0.6) is 0 Å². The van der Waals surface area contributed by atoms with Gasteiger partial charge in [-0.2, -0.15) is 12.6 Å². The normalized spacial score (nSPS) is 14.9. The summed E-state index contributed by atoms with van der Waals surface area (Å²) in [6.45, 7) is 1.83. The van der Waals surface area contributed by atoms with Crippen LogP contribution in [0.15, 0.2) is 12.3 Å². The van der Waals surface area contributed by atoms with Crippen LogP contribution in [0.3, 0.4) is 0 Å². The quantitative estimate of drug-likeness (QED) is 0.572. The molecule has 0 aliphatic carbocycles. The molecule has 0 aliphatic rings. The Bertz CT molecular complexity index is 333. The molecule has 0 radical (unpaired) electrons. The predicted octanol–water partition coefficient (Wildman–Crippen LogP) is 0.686. The van der Waals surface area contributed by atoms with Gasteiger partial charge in [0.1, 0.15) is 6.10 Å². The number of thiol groups is 1. The Morgan fingerprint density at radius 3 is 2.80 bits per heavy atom. The SMILES string of the molecule is Cc1ccnc(C(O)C(O)CCS)c1N. The van der Waals surface area contributed by atoms with Gasteiger partial charge in [-0.05, 0) is 30.7 Å². The smallest absolute Gasteiger partial charge is 0.124 e. The van der Waals surface area contributed by atoms with Crippen LogP contribution < -0.4 is 5.73 Å². The monoisotopic (exact) mass is 228 g/mol. The maximum absolute atomic E-state index is 9.80. The molecule has 1 aromatic heterocycles. The lowest BCUT2D eigenvalue weighted by molar-refractivity contribution is 0.0151. The number of nitrogens with two attached hydrogens (primary N) is 1. The molecule has 2 unspecified atom stereocenters. The zero-order chi connectivity index (χ0) is 11.4. The zero-order valence-electron chi connectivity index (χ0n) is 8.59. The first kappa shape index (κ1) is 12.3. The third-order valence-corrected chi connectivity index (χ3v) is 2.57. The lowest BCUT2D eigenvalue weighted by Crippen LogP contribution is -2.21. The second-order valence-electron chi connectivity index (χ2n) is 3.45. The number of anilines is 1. The Kier molecular flexibility index (Phi) is 4.38. The van der Waals surface area contributed by atoms with Crippen LogP contribution in [0.1, 0.15) is 23.8 Å². The highest BCUT2D eigenvalue weighted by Gasteiger charge is 2.21. The van der Waals surface area contributed by atoms with Crippen LogP contribution >= 0.6 is 12.6 Å². The maximum atomic E-state index is 9.80. The molecule has 1 aromatic rings. The molecular weight excluding hydrogens is 212 g/mol. The summed E-state index contributed by atoms with van der Waals surface area (Å²) < 4.78 is 0. The second kappa shape index (κ2) is 5.34. The van der Waals surface area contributed by atoms with E-state index in [2.05, 4.69) is 17.6 Å². The number of hydrogen-bond donors (Lipinski definition) is 4. The van der Waals surface area contributed by atoms with Gasteiger partial charge in [0.15, 0.2) is 0 Å². The lowest BCUT2D eigenvalue weighted by atomic mass is 10.0. The highest BCUT2D eigenvalue weighted by molar-refractivity contribution is 7.80. The summed E-state index contributed by atoms with van der Waals surface area (Å²) in [5.74, 6) is 0.504. The number of aromatic nitrogens is 1. The number of rotatable bonds is 4. The van der Waals surface area contributed by atoms with Crippen molar-refractivity contribution in [1.29, 1.82) is 0 Å². The van der Waals surface area contributed by atoms with E-state index < -0.39 is 12.2 Å². The maximum Gasteiger partial charge on any atom is 0.124 e. The molecule has 0 amide bonds. The first-order valence-electron chi connectivity index (χ1n) is 4.76. The Morgan fingerprint density at radius 1 is 1.53 bits per heavy atom. The van der Waals surface area contributed by atoms with Crippen LogP contribution in [0.4, 0.5) is 5.69 Å². The van der Waals surface area contributed by atoms with E-state index in [4.69, 9.17) is 5.73 Å². The highest BCUT2D eigenvalue weighted by Crippen LogP contribution is 2.24. The number of pyridine rings is 1. The Labute approximate surface area is 94.6 Å². The van der Waals surface area contributed by atoms with Gasteiger partial charge in [-0.3, -0.25) is 4.98 Å². The summed E-state index contributed by atoms with van der Waals surface area (Å²) in [6, 6.07) is 1.76. The molecule has 1 rings (SSSR count). The molecule has 4 N–H and O–H groups in total. The summed E-state index contributed by atoms with van der Waals surface area (Å²) in [5, 5.41) is 19.4. The molecule has 0 saturated carbocycles. The number of hydrogen-bond acceptors (Lipinski definition) is 5. The molecular formula is C10H16N2O2S. The molecule has 5 heteroatoms. The Hall–Kier alpha value is -0.780. The Balaban J connectivity index is 2.90. The summed E-state index contributed by atoms with van der Waals surface area (Å²) in [4.78, 5) is 3.98. The first-order valence-corrected chi connectivity index (χ1v) is 5.39. The van der Waals surface area contributed by atoms with Crippen molar-refractivity contribution in [2.75, 3.05) is 11.5 Å². The molecule has 0 aromatic carbocycles. The fourth-order valence-electron chi connectivity index (χ4n) is 1.30. The predicted molar refractivity (Wildman–Crippen MR) is 62.8 cm³/mol. The van der Waals surface area contributed by atoms with Crippen LogP contribution in [-0.4, -0.2) is 27.1 Å². The standard InChI is InChI=1S/C10H16N2O2S/c1-6-2-4-12-9(8(6)11)10(14)7(13)3-5-15/h2,4,7,10,13-15H,3,5,11H2,1H3. The van der Waals surface area contributed by atoms with Crippen molar-refractivity contribution in [2.45, 2.75) is 25.6 Å². The summed E-state index contributed by atoms with van der Waals surface area (Å²) in [6.07, 6.45) is 0.0490. The molecule has 15 heavy (non-hydrogen) atoms. The number of aliphatic hydroxyl groups excluding tert-OH is 2. The minimum atomic E-state index is -1.04. The molecule has 1 heterocycles. The third kappa shape index (κ3) is 2.84. The van der Waals surface area contributed by atoms with Crippen molar-refractivity contribution in [2.24, 2.45) is 0 Å².